The van der Waals surface area contributed by atoms with Gasteiger partial charge in [0.1, 0.15) is 5.82 Å². The van der Waals surface area contributed by atoms with Gasteiger partial charge in [-0.25, -0.2) is 4.39 Å². The number of nitrogens with zero attached hydrogens (tertiary/aromatic N) is 1. The van der Waals surface area contributed by atoms with Crippen molar-refractivity contribution in [3.05, 3.63) is 65.2 Å². The summed E-state index contributed by atoms with van der Waals surface area (Å²) in [5, 5.41) is 13.2. The van der Waals surface area contributed by atoms with E-state index in [0.29, 0.717) is 0 Å². The van der Waals surface area contributed by atoms with E-state index in [9.17, 15) is 9.50 Å². The van der Waals surface area contributed by atoms with Crippen LogP contribution in [-0.2, 0) is 12.8 Å². The van der Waals surface area contributed by atoms with Gasteiger partial charge in [0, 0.05) is 31.1 Å². The molecule has 4 heteroatoms. The van der Waals surface area contributed by atoms with Crippen LogP contribution in [0.4, 0.5) is 4.39 Å². The summed E-state index contributed by atoms with van der Waals surface area (Å²) >= 11 is 0. The van der Waals surface area contributed by atoms with E-state index >= 15 is 0 Å². The van der Waals surface area contributed by atoms with Gasteiger partial charge in [-0.3, -0.25) is 4.98 Å². The van der Waals surface area contributed by atoms with Gasteiger partial charge in [0.05, 0.1) is 0 Å². The van der Waals surface area contributed by atoms with Crippen molar-refractivity contribution in [3.8, 4) is 0 Å². The predicted octanol–water partition coefficient (Wildman–Crippen LogP) is 3.04. The molecule has 2 atom stereocenters. The van der Waals surface area contributed by atoms with Gasteiger partial charge >= 0.3 is 0 Å². The molecule has 3 nitrogen and oxygen atoms in total. The quantitative estimate of drug-likeness (QED) is 0.861. The number of fused-ring (bicyclic) bond motifs is 1. The highest BCUT2D eigenvalue weighted by Gasteiger charge is 2.21. The molecule has 2 N–H and O–H groups in total. The molecular weight excluding hydrogens is 291 g/mol. The zero-order chi connectivity index (χ0) is 16.1. The van der Waals surface area contributed by atoms with Crippen LogP contribution in [0.25, 0.3) is 0 Å². The Kier molecular flexibility index (Phi) is 5.36. The molecule has 23 heavy (non-hydrogen) atoms. The lowest BCUT2D eigenvalue weighted by Gasteiger charge is -2.28. The van der Waals surface area contributed by atoms with Crippen LogP contribution in [0.2, 0.25) is 0 Å². The molecule has 0 spiro atoms. The summed E-state index contributed by atoms with van der Waals surface area (Å²) in [4.78, 5) is 4.33. The van der Waals surface area contributed by atoms with E-state index in [1.807, 2.05) is 24.3 Å². The first-order valence-electron chi connectivity index (χ1n) is 8.28. The molecule has 0 amide bonds. The molecule has 1 aliphatic rings. The highest BCUT2D eigenvalue weighted by atomic mass is 19.1. The molecule has 0 saturated carbocycles. The number of hydrogen-bond donors (Lipinski definition) is 2. The van der Waals surface area contributed by atoms with Gasteiger partial charge < -0.3 is 10.4 Å². The van der Waals surface area contributed by atoms with Crippen LogP contribution in [0.5, 0.6) is 0 Å². The minimum Gasteiger partial charge on any atom is -0.396 e. The van der Waals surface area contributed by atoms with Crippen LogP contribution in [-0.4, -0.2) is 23.2 Å². The summed E-state index contributed by atoms with van der Waals surface area (Å²) < 4.78 is 13.4. The number of aliphatic hydroxyl groups excluding tert-OH is 1. The number of halogens is 1. The van der Waals surface area contributed by atoms with Gasteiger partial charge in [0.2, 0.25) is 0 Å². The Labute approximate surface area is 136 Å². The Morgan fingerprint density at radius 3 is 3.00 bits per heavy atom. The van der Waals surface area contributed by atoms with Gasteiger partial charge in [0.15, 0.2) is 0 Å². The third kappa shape index (κ3) is 4.15. The molecule has 0 aliphatic heterocycles. The number of benzene rings is 1. The Hall–Kier alpha value is -1.78. The molecule has 3 rings (SSSR count). The van der Waals surface area contributed by atoms with Crippen LogP contribution >= 0.6 is 0 Å². The molecule has 0 saturated heterocycles. The molecule has 1 aromatic carbocycles. The third-order valence-corrected chi connectivity index (χ3v) is 4.55. The summed E-state index contributed by atoms with van der Waals surface area (Å²) in [6.45, 7) is 0.862. The van der Waals surface area contributed by atoms with Crippen molar-refractivity contribution >= 4 is 0 Å². The highest BCUT2D eigenvalue weighted by molar-refractivity contribution is 5.32. The van der Waals surface area contributed by atoms with Gasteiger partial charge in [-0.15, -0.1) is 0 Å². The van der Waals surface area contributed by atoms with Crippen LogP contribution in [0.1, 0.15) is 35.7 Å². The molecule has 1 aromatic heterocycles. The van der Waals surface area contributed by atoms with Crippen molar-refractivity contribution in [2.24, 2.45) is 5.92 Å². The smallest absolute Gasteiger partial charge is 0.123 e. The molecule has 0 bridgehead atoms. The van der Waals surface area contributed by atoms with Gasteiger partial charge in [0.25, 0.3) is 0 Å². The first-order chi connectivity index (χ1) is 11.3. The van der Waals surface area contributed by atoms with E-state index in [4.69, 9.17) is 0 Å². The average molecular weight is 314 g/mol. The summed E-state index contributed by atoms with van der Waals surface area (Å²) in [7, 11) is 0. The van der Waals surface area contributed by atoms with Crippen molar-refractivity contribution in [2.75, 3.05) is 13.2 Å². The molecule has 0 unspecified atom stereocenters. The average Bonchev–Trinajstić information content (AvgIpc) is 2.59. The lowest BCUT2D eigenvalue weighted by Crippen LogP contribution is -2.32. The largest absolute Gasteiger partial charge is 0.396 e. The third-order valence-electron chi connectivity index (χ3n) is 4.55. The molecule has 1 heterocycles. The van der Waals surface area contributed by atoms with Crippen molar-refractivity contribution in [2.45, 2.75) is 31.7 Å². The fraction of sp³-hybridized carbons (Fsp3) is 0.421. The maximum atomic E-state index is 13.4. The van der Waals surface area contributed by atoms with E-state index in [-0.39, 0.29) is 24.4 Å². The van der Waals surface area contributed by atoms with Crippen LogP contribution in [0.15, 0.2) is 42.6 Å². The van der Waals surface area contributed by atoms with Crippen molar-refractivity contribution < 1.29 is 9.50 Å². The number of aliphatic hydroxyl groups is 1. The van der Waals surface area contributed by atoms with Crippen molar-refractivity contribution in [1.82, 2.24) is 10.3 Å². The second kappa shape index (κ2) is 7.66. The molecule has 0 fully saturated rings. The summed E-state index contributed by atoms with van der Waals surface area (Å²) in [5.74, 6) is -0.0245. The zero-order valence-electron chi connectivity index (χ0n) is 13.2. The van der Waals surface area contributed by atoms with Crippen LogP contribution in [0, 0.1) is 11.7 Å². The van der Waals surface area contributed by atoms with Gasteiger partial charge in [-0.2, -0.15) is 0 Å². The lowest BCUT2D eigenvalue weighted by atomic mass is 9.87. The minimum absolute atomic E-state index is 0.132. The number of nitrogens with one attached hydrogen (secondary N) is 1. The fourth-order valence-electron chi connectivity index (χ4n) is 3.32. The topological polar surface area (TPSA) is 45.1 Å². The first-order valence-corrected chi connectivity index (χ1v) is 8.28. The maximum absolute atomic E-state index is 13.4. The second-order valence-corrected chi connectivity index (χ2v) is 6.27. The van der Waals surface area contributed by atoms with Gasteiger partial charge in [-0.05, 0) is 67.0 Å². The number of rotatable bonds is 6. The Morgan fingerprint density at radius 2 is 2.22 bits per heavy atom. The summed E-state index contributed by atoms with van der Waals surface area (Å²) in [6.07, 6.45) is 5.61. The molecule has 0 radical (unpaired) electrons. The van der Waals surface area contributed by atoms with E-state index in [2.05, 4.69) is 10.3 Å². The lowest BCUT2D eigenvalue weighted by molar-refractivity contribution is 0.215. The minimum atomic E-state index is -0.159. The Morgan fingerprint density at radius 1 is 1.30 bits per heavy atom. The van der Waals surface area contributed by atoms with E-state index < -0.39 is 0 Å². The molecule has 122 valence electrons. The predicted molar refractivity (Wildman–Crippen MR) is 88.6 cm³/mol. The van der Waals surface area contributed by atoms with Crippen LogP contribution in [0.3, 0.4) is 0 Å². The molecular formula is C19H23FN2O. The maximum Gasteiger partial charge on any atom is 0.123 e. The first kappa shape index (κ1) is 16.1. The highest BCUT2D eigenvalue weighted by Crippen LogP contribution is 2.30. The monoisotopic (exact) mass is 314 g/mol. The summed E-state index contributed by atoms with van der Waals surface area (Å²) in [6, 6.07) is 11.2. The van der Waals surface area contributed by atoms with Crippen molar-refractivity contribution in [1.29, 1.82) is 0 Å². The number of hydrogen-bond acceptors (Lipinski definition) is 3. The van der Waals surface area contributed by atoms with E-state index in [1.165, 1.54) is 11.6 Å². The van der Waals surface area contributed by atoms with Gasteiger partial charge in [-0.1, -0.05) is 12.1 Å². The zero-order valence-corrected chi connectivity index (χ0v) is 13.2. The normalized spacial score (nSPS) is 18.4. The van der Waals surface area contributed by atoms with E-state index in [1.54, 1.807) is 12.3 Å². The molecule has 1 aliphatic carbocycles. The number of aromatic nitrogens is 1. The molecule has 2 aromatic rings. The summed E-state index contributed by atoms with van der Waals surface area (Å²) in [5.41, 5.74) is 3.31. The fourth-order valence-corrected chi connectivity index (χ4v) is 3.32. The Balaban J connectivity index is 1.61. The Bertz CT molecular complexity index is 633. The SMILES string of the molecule is OC[C@H](CN[C@@H]1CCCc2cc(F)ccc21)Cc1ccccn1. The number of aryl methyl sites for hydroxylation is 1. The van der Waals surface area contributed by atoms with E-state index in [0.717, 1.165) is 43.5 Å². The number of pyridine rings is 1. The standard InChI is InChI=1S/C19H23FN2O/c20-16-7-8-18-15(11-16)4-3-6-19(18)22-12-14(13-23)10-17-5-1-2-9-21-17/h1-2,5,7-9,11,14,19,22-23H,3-4,6,10,12-13H2/t14-,19+/m0/s1. The van der Waals surface area contributed by atoms with Crippen molar-refractivity contribution in [3.63, 3.8) is 0 Å². The van der Waals surface area contributed by atoms with Crippen LogP contribution < -0.4 is 5.32 Å². The second-order valence-electron chi connectivity index (χ2n) is 6.27.